The number of thioether (sulfide) groups is 1. The maximum atomic E-state index is 10.7. The van der Waals surface area contributed by atoms with Crippen molar-refractivity contribution in [2.45, 2.75) is 12.8 Å². The smallest absolute Gasteiger partial charge is 0.170 e. The highest BCUT2D eigenvalue weighted by atomic mass is 32.2. The fourth-order valence-electron chi connectivity index (χ4n) is 2.42. The van der Waals surface area contributed by atoms with Gasteiger partial charge in [-0.25, -0.2) is 0 Å². The molecule has 118 valence electrons. The Morgan fingerprint density at radius 3 is 2.43 bits per heavy atom. The summed E-state index contributed by atoms with van der Waals surface area (Å²) in [5.41, 5.74) is 2.76. The number of hydrogen-bond donors (Lipinski definition) is 2. The van der Waals surface area contributed by atoms with Gasteiger partial charge in [0.2, 0.25) is 0 Å². The van der Waals surface area contributed by atoms with Gasteiger partial charge >= 0.3 is 0 Å². The zero-order chi connectivity index (χ0) is 16.2. The summed E-state index contributed by atoms with van der Waals surface area (Å²) in [7, 11) is 1.73. The Balaban J connectivity index is 1.91. The minimum Gasteiger partial charge on any atom is -0.392 e. The molecule has 0 radical (unpaired) electrons. The predicted octanol–water partition coefficient (Wildman–Crippen LogP) is 3.08. The number of hydrogen-bond acceptors (Lipinski definition) is 4. The van der Waals surface area contributed by atoms with Gasteiger partial charge in [0.25, 0.3) is 0 Å². The number of aliphatic hydroxyl groups is 2. The molecule has 1 aliphatic heterocycles. The van der Waals surface area contributed by atoms with Crippen molar-refractivity contribution >= 4 is 28.7 Å². The topological polar surface area (TPSA) is 56.1 Å². The summed E-state index contributed by atoms with van der Waals surface area (Å²) in [6.45, 7) is 0.0304. The highest BCUT2D eigenvalue weighted by molar-refractivity contribution is 8.18. The van der Waals surface area contributed by atoms with Crippen LogP contribution in [0, 0.1) is 0 Å². The normalized spacial score (nSPS) is 21.3. The Morgan fingerprint density at radius 2 is 1.83 bits per heavy atom. The van der Waals surface area contributed by atoms with Gasteiger partial charge in [-0.3, -0.25) is 9.89 Å². The second kappa shape index (κ2) is 7.00. The van der Waals surface area contributed by atoms with Crippen LogP contribution in [0.3, 0.4) is 0 Å². The molecule has 0 amide bonds. The van der Waals surface area contributed by atoms with Crippen molar-refractivity contribution in [1.82, 2.24) is 0 Å². The Hall–Kier alpha value is -2.08. The number of nitrogens with zero attached hydrogens (tertiary/aromatic N) is 2. The molecule has 5 heteroatoms. The van der Waals surface area contributed by atoms with E-state index in [0.29, 0.717) is 0 Å². The number of aliphatic imine (C=N–C) groups is 1. The fraction of sp³-hybridized carbons (Fsp3) is 0.167. The van der Waals surface area contributed by atoms with E-state index in [0.717, 1.165) is 26.9 Å². The Kier molecular flexibility index (Phi) is 4.81. The molecule has 2 aromatic rings. The van der Waals surface area contributed by atoms with Gasteiger partial charge in [-0.15, -0.1) is 0 Å². The van der Waals surface area contributed by atoms with Crippen LogP contribution in [0.5, 0.6) is 0 Å². The SMILES string of the molecule is C/N=C1\S/C(=C\c2ccc(CO)cc2)C(O)N1c1ccccc1. The third-order valence-corrected chi connectivity index (χ3v) is 4.74. The molecule has 0 bridgehead atoms. The average molecular weight is 326 g/mol. The molecule has 1 saturated heterocycles. The van der Waals surface area contributed by atoms with E-state index in [1.807, 2.05) is 65.6 Å². The average Bonchev–Trinajstić information content (AvgIpc) is 2.92. The predicted molar refractivity (Wildman–Crippen MR) is 96.2 cm³/mol. The molecule has 1 aliphatic rings. The van der Waals surface area contributed by atoms with Crippen LogP contribution in [0.4, 0.5) is 5.69 Å². The van der Waals surface area contributed by atoms with Crippen molar-refractivity contribution in [1.29, 1.82) is 0 Å². The number of benzene rings is 2. The summed E-state index contributed by atoms with van der Waals surface area (Å²) in [5.74, 6) is 0. The first kappa shape index (κ1) is 15.8. The van der Waals surface area contributed by atoms with Crippen LogP contribution in [0.25, 0.3) is 6.08 Å². The first-order valence-corrected chi connectivity index (χ1v) is 8.13. The lowest BCUT2D eigenvalue weighted by Crippen LogP contribution is -2.32. The Bertz CT molecular complexity index is 726. The van der Waals surface area contributed by atoms with Crippen LogP contribution in [0.2, 0.25) is 0 Å². The quantitative estimate of drug-likeness (QED) is 0.910. The lowest BCUT2D eigenvalue weighted by atomic mass is 10.1. The summed E-state index contributed by atoms with van der Waals surface area (Å²) in [4.78, 5) is 6.93. The maximum Gasteiger partial charge on any atom is 0.170 e. The number of rotatable bonds is 3. The van der Waals surface area contributed by atoms with Crippen molar-refractivity contribution in [3.63, 3.8) is 0 Å². The van der Waals surface area contributed by atoms with Crippen LogP contribution >= 0.6 is 11.8 Å². The van der Waals surface area contributed by atoms with Gasteiger partial charge in [-0.2, -0.15) is 0 Å². The summed E-state index contributed by atoms with van der Waals surface area (Å²) < 4.78 is 0. The van der Waals surface area contributed by atoms with Crippen LogP contribution in [0.1, 0.15) is 11.1 Å². The van der Waals surface area contributed by atoms with E-state index in [9.17, 15) is 5.11 Å². The van der Waals surface area contributed by atoms with E-state index in [-0.39, 0.29) is 6.61 Å². The van der Waals surface area contributed by atoms with E-state index in [4.69, 9.17) is 5.11 Å². The minimum atomic E-state index is -0.751. The van der Waals surface area contributed by atoms with Gasteiger partial charge in [0, 0.05) is 17.6 Å². The lowest BCUT2D eigenvalue weighted by molar-refractivity contribution is 0.233. The van der Waals surface area contributed by atoms with Crippen molar-refractivity contribution in [3.05, 3.63) is 70.6 Å². The van der Waals surface area contributed by atoms with Crippen molar-refractivity contribution < 1.29 is 10.2 Å². The third kappa shape index (κ3) is 3.32. The summed E-state index contributed by atoms with van der Waals surface area (Å²) >= 11 is 1.46. The fourth-order valence-corrected chi connectivity index (χ4v) is 3.43. The molecule has 1 heterocycles. The molecule has 23 heavy (non-hydrogen) atoms. The standard InChI is InChI=1S/C18H18N2O2S/c1-19-18-20(15-5-3-2-4-6-15)17(22)16(23-18)11-13-7-9-14(12-21)10-8-13/h2-11,17,21-22H,12H2,1H3/b16-11-,19-18-. The summed E-state index contributed by atoms with van der Waals surface area (Å²) in [6.07, 6.45) is 1.20. The Morgan fingerprint density at radius 1 is 1.13 bits per heavy atom. The Labute approximate surface area is 139 Å². The molecular formula is C18H18N2O2S. The van der Waals surface area contributed by atoms with Crippen LogP contribution < -0.4 is 4.90 Å². The second-order valence-corrected chi connectivity index (χ2v) is 6.17. The van der Waals surface area contributed by atoms with Gasteiger partial charge in [-0.05, 0) is 29.3 Å². The monoisotopic (exact) mass is 326 g/mol. The van der Waals surface area contributed by atoms with Crippen molar-refractivity contribution in [2.24, 2.45) is 4.99 Å². The molecule has 1 atom stereocenters. The van der Waals surface area contributed by atoms with Gasteiger partial charge in [-0.1, -0.05) is 54.2 Å². The maximum absolute atomic E-state index is 10.7. The van der Waals surface area contributed by atoms with Crippen LogP contribution in [-0.4, -0.2) is 28.7 Å². The highest BCUT2D eigenvalue weighted by Crippen LogP contribution is 2.38. The molecule has 0 saturated carbocycles. The molecule has 3 rings (SSSR count). The molecular weight excluding hydrogens is 308 g/mol. The summed E-state index contributed by atoms with van der Waals surface area (Å²) in [5, 5.41) is 20.5. The van der Waals surface area contributed by atoms with E-state index in [2.05, 4.69) is 4.99 Å². The lowest BCUT2D eigenvalue weighted by Gasteiger charge is -2.21. The second-order valence-electron chi connectivity index (χ2n) is 5.13. The van der Waals surface area contributed by atoms with Gasteiger partial charge in [0.05, 0.1) is 6.61 Å². The highest BCUT2D eigenvalue weighted by Gasteiger charge is 2.34. The van der Waals surface area contributed by atoms with Crippen LogP contribution in [-0.2, 0) is 6.61 Å². The number of anilines is 1. The van der Waals surface area contributed by atoms with Crippen molar-refractivity contribution in [3.8, 4) is 0 Å². The molecule has 1 fully saturated rings. The molecule has 0 spiro atoms. The van der Waals surface area contributed by atoms with E-state index in [1.165, 1.54) is 11.8 Å². The van der Waals surface area contributed by atoms with E-state index < -0.39 is 6.23 Å². The molecule has 4 nitrogen and oxygen atoms in total. The molecule has 2 aromatic carbocycles. The van der Waals surface area contributed by atoms with E-state index in [1.54, 1.807) is 7.05 Å². The number of para-hydroxylation sites is 1. The molecule has 1 unspecified atom stereocenters. The van der Waals surface area contributed by atoms with Crippen LogP contribution in [0.15, 0.2) is 64.5 Å². The molecule has 2 N–H and O–H groups in total. The third-order valence-electron chi connectivity index (χ3n) is 3.61. The summed E-state index contributed by atoms with van der Waals surface area (Å²) in [6, 6.07) is 17.3. The molecule has 0 aliphatic carbocycles. The first-order chi connectivity index (χ1) is 11.2. The zero-order valence-corrected chi connectivity index (χ0v) is 13.6. The van der Waals surface area contributed by atoms with Gasteiger partial charge < -0.3 is 10.2 Å². The molecule has 0 aromatic heterocycles. The zero-order valence-electron chi connectivity index (χ0n) is 12.8. The van der Waals surface area contributed by atoms with E-state index >= 15 is 0 Å². The number of aliphatic hydroxyl groups excluding tert-OH is 2. The minimum absolute atomic E-state index is 0.0304. The van der Waals surface area contributed by atoms with Crippen molar-refractivity contribution in [2.75, 3.05) is 11.9 Å². The van der Waals surface area contributed by atoms with Gasteiger partial charge in [0.1, 0.15) is 0 Å². The first-order valence-electron chi connectivity index (χ1n) is 7.31. The largest absolute Gasteiger partial charge is 0.392 e. The van der Waals surface area contributed by atoms with Gasteiger partial charge in [0.15, 0.2) is 11.4 Å². The number of amidine groups is 1.